The van der Waals surface area contributed by atoms with E-state index >= 15 is 0 Å². The van der Waals surface area contributed by atoms with Crippen molar-refractivity contribution in [3.05, 3.63) is 24.1 Å². The number of carbonyl (C=O) groups excluding carboxylic acids is 2. The van der Waals surface area contributed by atoms with Crippen molar-refractivity contribution in [2.45, 2.75) is 38.8 Å². The molecule has 0 unspecified atom stereocenters. The molecule has 9 heteroatoms. The summed E-state index contributed by atoms with van der Waals surface area (Å²) in [5.41, 5.74) is -0.640. The Bertz CT molecular complexity index is 607. The second-order valence-corrected chi connectivity index (χ2v) is 6.64. The number of hydrazine groups is 1. The first kappa shape index (κ1) is 18.8. The standard InChI is InChI=1S/C16H23N3O6/c1-16(2,3)25-15(23)17-11-10-18-8-7-12(19(18)14(11)22)24-9-5-4-6-13(20)21/h4-5,7,11H,6,8-10H2,1-3H3,(H,17,23)(H,20,21)/t11-/m0/s1. The van der Waals surface area contributed by atoms with E-state index in [1.807, 2.05) is 0 Å². The van der Waals surface area contributed by atoms with Crippen molar-refractivity contribution in [1.29, 1.82) is 0 Å². The van der Waals surface area contributed by atoms with Crippen LogP contribution < -0.4 is 5.32 Å². The fourth-order valence-electron chi connectivity index (χ4n) is 2.39. The van der Waals surface area contributed by atoms with Crippen molar-refractivity contribution in [1.82, 2.24) is 15.3 Å². The number of carbonyl (C=O) groups is 3. The summed E-state index contributed by atoms with van der Waals surface area (Å²) >= 11 is 0. The van der Waals surface area contributed by atoms with Crippen molar-refractivity contribution >= 4 is 18.0 Å². The van der Waals surface area contributed by atoms with E-state index in [1.54, 1.807) is 37.9 Å². The Morgan fingerprint density at radius 2 is 2.12 bits per heavy atom. The summed E-state index contributed by atoms with van der Waals surface area (Å²) in [6, 6.07) is -0.704. The van der Waals surface area contributed by atoms with Gasteiger partial charge in [0.05, 0.1) is 6.42 Å². The van der Waals surface area contributed by atoms with Gasteiger partial charge < -0.3 is 19.9 Å². The molecule has 0 aromatic heterocycles. The van der Waals surface area contributed by atoms with Gasteiger partial charge in [-0.3, -0.25) is 9.59 Å². The minimum Gasteiger partial charge on any atom is -0.481 e. The summed E-state index contributed by atoms with van der Waals surface area (Å²) in [5.74, 6) is -0.851. The number of hydrogen-bond acceptors (Lipinski definition) is 6. The van der Waals surface area contributed by atoms with Gasteiger partial charge in [-0.1, -0.05) is 12.2 Å². The number of nitrogens with one attached hydrogen (secondary N) is 1. The summed E-state index contributed by atoms with van der Waals surface area (Å²) in [6.07, 6.45) is 4.09. The molecule has 2 aliphatic rings. The van der Waals surface area contributed by atoms with Crippen LogP contribution in [0.2, 0.25) is 0 Å². The lowest BCUT2D eigenvalue weighted by atomic mass is 10.2. The molecule has 138 valence electrons. The zero-order valence-electron chi connectivity index (χ0n) is 14.5. The van der Waals surface area contributed by atoms with Crippen molar-refractivity contribution in [3.63, 3.8) is 0 Å². The minimum absolute atomic E-state index is 0.0843. The summed E-state index contributed by atoms with van der Waals surface area (Å²) in [4.78, 5) is 34.7. The maximum absolute atomic E-state index is 12.5. The van der Waals surface area contributed by atoms with E-state index in [2.05, 4.69) is 5.32 Å². The number of aliphatic carboxylic acids is 1. The van der Waals surface area contributed by atoms with E-state index in [4.69, 9.17) is 14.6 Å². The zero-order chi connectivity index (χ0) is 18.6. The van der Waals surface area contributed by atoms with E-state index in [0.717, 1.165) is 0 Å². The summed E-state index contributed by atoms with van der Waals surface area (Å²) in [5, 5.41) is 14.2. The lowest BCUT2D eigenvalue weighted by molar-refractivity contribution is -0.137. The highest BCUT2D eigenvalue weighted by Crippen LogP contribution is 2.25. The number of carboxylic acids is 1. The molecular weight excluding hydrogens is 330 g/mol. The Balaban J connectivity index is 1.86. The van der Waals surface area contributed by atoms with Crippen LogP contribution >= 0.6 is 0 Å². The zero-order valence-corrected chi connectivity index (χ0v) is 14.5. The van der Waals surface area contributed by atoms with Gasteiger partial charge in [-0.2, -0.15) is 0 Å². The third kappa shape index (κ3) is 5.21. The Labute approximate surface area is 145 Å². The molecule has 0 aliphatic carbocycles. The molecule has 0 aromatic carbocycles. The molecule has 2 amide bonds. The highest BCUT2D eigenvalue weighted by atomic mass is 16.6. The topological polar surface area (TPSA) is 108 Å². The van der Waals surface area contributed by atoms with Crippen LogP contribution in [-0.4, -0.2) is 64.4 Å². The van der Waals surface area contributed by atoms with Crippen LogP contribution in [0.15, 0.2) is 24.1 Å². The van der Waals surface area contributed by atoms with E-state index in [9.17, 15) is 14.4 Å². The van der Waals surface area contributed by atoms with Gasteiger partial charge in [-0.25, -0.2) is 14.8 Å². The molecule has 25 heavy (non-hydrogen) atoms. The number of amides is 2. The fourth-order valence-corrected chi connectivity index (χ4v) is 2.39. The molecule has 9 nitrogen and oxygen atoms in total. The third-order valence-electron chi connectivity index (χ3n) is 3.35. The Kier molecular flexibility index (Phi) is 5.68. The number of carboxylic acid groups (broad SMARTS) is 1. The van der Waals surface area contributed by atoms with Gasteiger partial charge >= 0.3 is 12.1 Å². The van der Waals surface area contributed by atoms with Crippen LogP contribution in [0, 0.1) is 0 Å². The molecule has 1 atom stereocenters. The molecule has 0 spiro atoms. The summed E-state index contributed by atoms with van der Waals surface area (Å²) in [6.45, 7) is 6.22. The molecule has 1 fully saturated rings. The number of nitrogens with zero attached hydrogens (tertiary/aromatic N) is 2. The van der Waals surface area contributed by atoms with E-state index in [0.29, 0.717) is 19.0 Å². The molecule has 2 N–H and O–H groups in total. The highest BCUT2D eigenvalue weighted by molar-refractivity contribution is 5.88. The normalized spacial score (nSPS) is 20.6. The Hall–Kier alpha value is -2.55. The van der Waals surface area contributed by atoms with Gasteiger partial charge in [0, 0.05) is 13.1 Å². The average molecular weight is 353 g/mol. The van der Waals surface area contributed by atoms with Gasteiger partial charge in [0.25, 0.3) is 5.91 Å². The van der Waals surface area contributed by atoms with Crippen molar-refractivity contribution in [2.24, 2.45) is 0 Å². The van der Waals surface area contributed by atoms with E-state index in [1.165, 1.54) is 11.1 Å². The second-order valence-electron chi connectivity index (χ2n) is 6.64. The van der Waals surface area contributed by atoms with Crippen molar-refractivity contribution in [3.8, 4) is 0 Å². The maximum atomic E-state index is 12.5. The summed E-state index contributed by atoms with van der Waals surface area (Å²) < 4.78 is 10.7. The predicted molar refractivity (Wildman–Crippen MR) is 87.0 cm³/mol. The Morgan fingerprint density at radius 3 is 2.76 bits per heavy atom. The van der Waals surface area contributed by atoms with Gasteiger partial charge in [0.1, 0.15) is 18.2 Å². The lowest BCUT2D eigenvalue weighted by Gasteiger charge is -2.21. The molecule has 0 saturated carbocycles. The molecule has 0 radical (unpaired) electrons. The fraction of sp³-hybridized carbons (Fsp3) is 0.562. The number of alkyl carbamates (subject to hydrolysis) is 1. The van der Waals surface area contributed by atoms with Gasteiger partial charge in [-0.05, 0) is 26.8 Å². The first-order valence-corrected chi connectivity index (χ1v) is 7.95. The molecule has 2 heterocycles. The lowest BCUT2D eigenvalue weighted by Crippen LogP contribution is -2.44. The van der Waals surface area contributed by atoms with Gasteiger partial charge in [0.15, 0.2) is 0 Å². The largest absolute Gasteiger partial charge is 0.481 e. The summed E-state index contributed by atoms with van der Waals surface area (Å²) in [7, 11) is 0. The predicted octanol–water partition coefficient (Wildman–Crippen LogP) is 0.841. The van der Waals surface area contributed by atoms with Crippen LogP contribution in [0.3, 0.4) is 0 Å². The monoisotopic (exact) mass is 353 g/mol. The van der Waals surface area contributed by atoms with Crippen LogP contribution in [0.25, 0.3) is 0 Å². The van der Waals surface area contributed by atoms with E-state index < -0.39 is 23.7 Å². The van der Waals surface area contributed by atoms with Gasteiger partial charge in [0.2, 0.25) is 5.88 Å². The second kappa shape index (κ2) is 7.56. The third-order valence-corrected chi connectivity index (χ3v) is 3.35. The number of rotatable bonds is 6. The molecule has 0 bridgehead atoms. The maximum Gasteiger partial charge on any atom is 0.408 e. The molecular formula is C16H23N3O6. The van der Waals surface area contributed by atoms with Crippen LogP contribution in [0.1, 0.15) is 27.2 Å². The highest BCUT2D eigenvalue weighted by Gasteiger charge is 2.44. The first-order chi connectivity index (χ1) is 11.7. The van der Waals surface area contributed by atoms with Crippen LogP contribution in [0.5, 0.6) is 0 Å². The minimum atomic E-state index is -0.923. The van der Waals surface area contributed by atoms with E-state index in [-0.39, 0.29) is 18.9 Å². The molecule has 1 saturated heterocycles. The molecule has 0 aromatic rings. The van der Waals surface area contributed by atoms with Gasteiger partial charge in [-0.15, -0.1) is 0 Å². The van der Waals surface area contributed by atoms with Crippen LogP contribution in [0.4, 0.5) is 4.79 Å². The molecule has 2 rings (SSSR count). The SMILES string of the molecule is CC(C)(C)OC(=O)N[C@H]1CN2CC=C(OCC=CCC(=O)O)N2C1=O. The van der Waals surface area contributed by atoms with Crippen LogP contribution in [-0.2, 0) is 19.1 Å². The number of hydrogen-bond donors (Lipinski definition) is 2. The van der Waals surface area contributed by atoms with Crippen molar-refractivity contribution < 1.29 is 29.0 Å². The van der Waals surface area contributed by atoms with Crippen molar-refractivity contribution in [2.75, 3.05) is 19.7 Å². The number of ether oxygens (including phenoxy) is 2. The quantitative estimate of drug-likeness (QED) is 0.681. The first-order valence-electron chi connectivity index (χ1n) is 7.95. The molecule has 2 aliphatic heterocycles. The Morgan fingerprint density at radius 1 is 1.40 bits per heavy atom. The number of fused-ring (bicyclic) bond motifs is 1. The smallest absolute Gasteiger partial charge is 0.408 e. The average Bonchev–Trinajstić information content (AvgIpc) is 2.98.